The molecule has 0 spiro atoms. The molecule has 0 atom stereocenters. The number of hydrogen-bond donors (Lipinski definition) is 1. The highest BCUT2D eigenvalue weighted by molar-refractivity contribution is 5.45. The summed E-state index contributed by atoms with van der Waals surface area (Å²) in [5, 5.41) is 10.2. The molecule has 0 saturated heterocycles. The van der Waals surface area contributed by atoms with Crippen LogP contribution in [0.3, 0.4) is 0 Å². The van der Waals surface area contributed by atoms with E-state index in [0.29, 0.717) is 5.75 Å². The van der Waals surface area contributed by atoms with E-state index < -0.39 is 0 Å². The summed E-state index contributed by atoms with van der Waals surface area (Å²) in [6.45, 7) is 8.56. The first kappa shape index (κ1) is 16.6. The molecule has 1 N–H and O–H groups in total. The van der Waals surface area contributed by atoms with E-state index in [0.717, 1.165) is 36.8 Å². The van der Waals surface area contributed by atoms with Crippen LogP contribution in [0.1, 0.15) is 60.1 Å². The van der Waals surface area contributed by atoms with Crippen LogP contribution < -0.4 is 0 Å². The lowest BCUT2D eigenvalue weighted by atomic mass is 9.94. The molecule has 2 aromatic carbocycles. The smallest absolute Gasteiger partial charge is 0.121 e. The summed E-state index contributed by atoms with van der Waals surface area (Å²) < 4.78 is 0. The van der Waals surface area contributed by atoms with E-state index in [2.05, 4.69) is 51.1 Å². The van der Waals surface area contributed by atoms with Crippen molar-refractivity contribution < 1.29 is 5.11 Å². The van der Waals surface area contributed by atoms with Gasteiger partial charge in [0.25, 0.3) is 0 Å². The molecule has 0 amide bonds. The van der Waals surface area contributed by atoms with E-state index >= 15 is 0 Å². The van der Waals surface area contributed by atoms with Gasteiger partial charge in [-0.3, -0.25) is 0 Å². The van der Waals surface area contributed by atoms with Crippen LogP contribution in [0.5, 0.6) is 5.75 Å². The van der Waals surface area contributed by atoms with Crippen LogP contribution in [0.25, 0.3) is 0 Å². The van der Waals surface area contributed by atoms with Gasteiger partial charge >= 0.3 is 0 Å². The van der Waals surface area contributed by atoms with Crippen LogP contribution in [0, 0.1) is 13.8 Å². The minimum Gasteiger partial charge on any atom is -0.507 e. The van der Waals surface area contributed by atoms with E-state index in [9.17, 15) is 5.11 Å². The van der Waals surface area contributed by atoms with Gasteiger partial charge in [0.05, 0.1) is 0 Å². The molecular formula is C21H28O. The predicted molar refractivity (Wildman–Crippen MR) is 94.8 cm³/mol. The summed E-state index contributed by atoms with van der Waals surface area (Å²) >= 11 is 0. The molecule has 0 bridgehead atoms. The van der Waals surface area contributed by atoms with Crippen molar-refractivity contribution in [3.05, 3.63) is 63.7 Å². The molecule has 22 heavy (non-hydrogen) atoms. The van der Waals surface area contributed by atoms with Gasteiger partial charge in [0.1, 0.15) is 5.75 Å². The van der Waals surface area contributed by atoms with E-state index in [1.54, 1.807) is 0 Å². The Bertz CT molecular complexity index is 641. The van der Waals surface area contributed by atoms with Gasteiger partial charge in [-0.25, -0.2) is 0 Å². The molecular weight excluding hydrogens is 268 g/mol. The van der Waals surface area contributed by atoms with Crippen molar-refractivity contribution in [2.24, 2.45) is 0 Å². The van der Waals surface area contributed by atoms with Crippen molar-refractivity contribution >= 4 is 0 Å². The fourth-order valence-electron chi connectivity index (χ4n) is 3.07. The summed E-state index contributed by atoms with van der Waals surface area (Å²) in [5.74, 6) is 0.474. The monoisotopic (exact) mass is 296 g/mol. The maximum absolute atomic E-state index is 10.2. The number of aryl methyl sites for hydroxylation is 4. The quantitative estimate of drug-likeness (QED) is 0.745. The molecule has 0 aliphatic rings. The van der Waals surface area contributed by atoms with Gasteiger partial charge in [-0.15, -0.1) is 0 Å². The lowest BCUT2D eigenvalue weighted by Crippen LogP contribution is -1.97. The second-order valence-electron chi connectivity index (χ2n) is 6.36. The number of benzene rings is 2. The zero-order chi connectivity index (χ0) is 16.1. The maximum Gasteiger partial charge on any atom is 0.121 e. The summed E-state index contributed by atoms with van der Waals surface area (Å²) in [6, 6.07) is 11.1. The van der Waals surface area contributed by atoms with Crippen LogP contribution in [0.4, 0.5) is 0 Å². The highest BCUT2D eigenvalue weighted by atomic mass is 16.3. The Morgan fingerprint density at radius 1 is 0.773 bits per heavy atom. The average molecular weight is 296 g/mol. The first-order chi connectivity index (χ1) is 10.5. The molecule has 0 aromatic heterocycles. The Balaban J connectivity index is 2.32. The molecule has 0 unspecified atom stereocenters. The second kappa shape index (κ2) is 7.49. The average Bonchev–Trinajstić information content (AvgIpc) is 2.48. The normalized spacial score (nSPS) is 10.9. The van der Waals surface area contributed by atoms with Crippen LogP contribution in [-0.4, -0.2) is 5.11 Å². The molecule has 0 aliphatic heterocycles. The largest absolute Gasteiger partial charge is 0.507 e. The highest BCUT2D eigenvalue weighted by Crippen LogP contribution is 2.27. The summed E-state index contributed by atoms with van der Waals surface area (Å²) in [7, 11) is 0. The SMILES string of the molecule is CCCc1ccc(C)c(Cc2cc(C)c(O)c(CCC)c2)c1. The molecule has 2 aromatic rings. The molecule has 0 heterocycles. The third kappa shape index (κ3) is 3.91. The lowest BCUT2D eigenvalue weighted by molar-refractivity contribution is 0.463. The van der Waals surface area contributed by atoms with Crippen molar-refractivity contribution in [2.75, 3.05) is 0 Å². The predicted octanol–water partition coefficient (Wildman–Crippen LogP) is 5.50. The van der Waals surface area contributed by atoms with E-state index in [4.69, 9.17) is 0 Å². The van der Waals surface area contributed by atoms with Gasteiger partial charge in [-0.2, -0.15) is 0 Å². The highest BCUT2D eigenvalue weighted by Gasteiger charge is 2.08. The minimum absolute atomic E-state index is 0.474. The van der Waals surface area contributed by atoms with Gasteiger partial charge in [0, 0.05) is 0 Å². The Hall–Kier alpha value is -1.76. The van der Waals surface area contributed by atoms with E-state index in [-0.39, 0.29) is 0 Å². The Labute approximate surface area is 135 Å². The summed E-state index contributed by atoms with van der Waals surface area (Å²) in [5.41, 5.74) is 7.55. The van der Waals surface area contributed by atoms with Gasteiger partial charge in [-0.05, 0) is 66.5 Å². The molecule has 2 rings (SSSR count). The third-order valence-corrected chi connectivity index (χ3v) is 4.31. The Morgan fingerprint density at radius 2 is 1.45 bits per heavy atom. The number of rotatable bonds is 6. The van der Waals surface area contributed by atoms with Crippen molar-refractivity contribution in [3.63, 3.8) is 0 Å². The summed E-state index contributed by atoms with van der Waals surface area (Å²) in [4.78, 5) is 0. The molecule has 0 saturated carbocycles. The molecule has 118 valence electrons. The van der Waals surface area contributed by atoms with Gasteiger partial charge < -0.3 is 5.11 Å². The van der Waals surface area contributed by atoms with Crippen molar-refractivity contribution in [1.29, 1.82) is 0 Å². The Kier molecular flexibility index (Phi) is 5.65. The van der Waals surface area contributed by atoms with Crippen LogP contribution in [-0.2, 0) is 19.3 Å². The minimum atomic E-state index is 0.474. The topological polar surface area (TPSA) is 20.2 Å². The molecule has 1 nitrogen and oxygen atoms in total. The first-order valence-corrected chi connectivity index (χ1v) is 8.44. The zero-order valence-corrected chi connectivity index (χ0v) is 14.4. The van der Waals surface area contributed by atoms with Crippen LogP contribution >= 0.6 is 0 Å². The molecule has 0 aliphatic carbocycles. The van der Waals surface area contributed by atoms with Gasteiger partial charge in [0.2, 0.25) is 0 Å². The van der Waals surface area contributed by atoms with E-state index in [1.807, 2.05) is 6.92 Å². The summed E-state index contributed by atoms with van der Waals surface area (Å²) in [6.07, 6.45) is 5.27. The van der Waals surface area contributed by atoms with E-state index in [1.165, 1.54) is 28.7 Å². The lowest BCUT2D eigenvalue weighted by Gasteiger charge is -2.13. The third-order valence-electron chi connectivity index (χ3n) is 4.31. The van der Waals surface area contributed by atoms with Gasteiger partial charge in [0.15, 0.2) is 0 Å². The van der Waals surface area contributed by atoms with Crippen LogP contribution in [0.15, 0.2) is 30.3 Å². The fourth-order valence-corrected chi connectivity index (χ4v) is 3.07. The maximum atomic E-state index is 10.2. The van der Waals surface area contributed by atoms with Crippen molar-refractivity contribution in [1.82, 2.24) is 0 Å². The molecule has 1 heteroatoms. The van der Waals surface area contributed by atoms with Crippen molar-refractivity contribution in [3.8, 4) is 5.75 Å². The fraction of sp³-hybridized carbons (Fsp3) is 0.429. The standard InChI is InChI=1S/C21H28O/c1-5-7-17-10-9-15(3)20(12-17)14-18-11-16(4)21(22)19(13-18)8-6-2/h9-13,22H,5-8,14H2,1-4H3. The first-order valence-electron chi connectivity index (χ1n) is 8.44. The Morgan fingerprint density at radius 3 is 2.14 bits per heavy atom. The molecule has 0 radical (unpaired) electrons. The number of phenolic OH excluding ortho intramolecular Hbond substituents is 1. The molecule has 0 fully saturated rings. The number of phenols is 1. The zero-order valence-electron chi connectivity index (χ0n) is 14.4. The number of hydrogen-bond acceptors (Lipinski definition) is 1. The van der Waals surface area contributed by atoms with Crippen LogP contribution in [0.2, 0.25) is 0 Å². The number of aromatic hydroxyl groups is 1. The van der Waals surface area contributed by atoms with Gasteiger partial charge in [-0.1, -0.05) is 57.0 Å². The second-order valence-corrected chi connectivity index (χ2v) is 6.36. The van der Waals surface area contributed by atoms with Crippen molar-refractivity contribution in [2.45, 2.75) is 59.8 Å².